The van der Waals surface area contributed by atoms with Crippen LogP contribution in [0.1, 0.15) is 59.5 Å². The number of anilines is 3. The van der Waals surface area contributed by atoms with E-state index in [4.69, 9.17) is 15.2 Å². The fourth-order valence-electron chi connectivity index (χ4n) is 6.24. The second kappa shape index (κ2) is 20.8. The van der Waals surface area contributed by atoms with Crippen molar-refractivity contribution in [2.24, 2.45) is 0 Å². The molecule has 2 saturated heterocycles. The number of pyridine rings is 2. The fourth-order valence-corrected chi connectivity index (χ4v) is 6.24. The van der Waals surface area contributed by atoms with Crippen LogP contribution in [0.4, 0.5) is 22.7 Å². The number of nitrogens with zero attached hydrogens (tertiary/aromatic N) is 5. The van der Waals surface area contributed by atoms with Crippen LogP contribution in [-0.4, -0.2) is 102 Å². The SMILES string of the molecule is CNc1ccc(Oc2ccnc(C(=O)NCCCN3CCCC3=O)c2)cc1N.CNc1ccc(Oc2ccnc(C(=O)NCCCN3CCCC3=O)c2)cc1[N+](=O)[O-]. The van der Waals surface area contributed by atoms with E-state index < -0.39 is 4.92 Å². The number of rotatable bonds is 17. The van der Waals surface area contributed by atoms with E-state index in [0.29, 0.717) is 80.5 Å². The Hall–Kier alpha value is -6.98. The second-order valence-electron chi connectivity index (χ2n) is 13.3. The normalized spacial score (nSPS) is 13.3. The van der Waals surface area contributed by atoms with Crippen molar-refractivity contribution >= 4 is 46.4 Å². The van der Waals surface area contributed by atoms with Crippen LogP contribution in [-0.2, 0) is 9.59 Å². The second-order valence-corrected chi connectivity index (χ2v) is 13.3. The molecule has 2 fully saturated rings. The van der Waals surface area contributed by atoms with E-state index in [2.05, 4.69) is 31.2 Å². The molecule has 4 heterocycles. The van der Waals surface area contributed by atoms with Gasteiger partial charge in [-0.25, -0.2) is 0 Å². The summed E-state index contributed by atoms with van der Waals surface area (Å²) < 4.78 is 11.5. The molecule has 18 heteroatoms. The molecule has 0 unspecified atom stereocenters. The number of hydrogen-bond donors (Lipinski definition) is 5. The standard InChI is InChI=1S/C20H23N5O5.C20H25N5O3/c1-21-16-6-5-14(13-18(16)25(28)29)30-15-7-9-22-17(12-15)20(27)23-8-3-11-24-10-2-4-19(24)26;1-22-17-6-5-14(12-16(17)21)28-15-7-9-23-18(13-15)20(27)24-8-3-11-25-10-2-4-19(25)26/h5-7,9,12-13,21H,2-4,8,10-11H2,1H3,(H,23,27);5-7,9,12-13,22H,2-4,8,10-11,21H2,1H3,(H,24,27). The number of nitrogen functional groups attached to an aromatic ring is 1. The maximum Gasteiger partial charge on any atom is 0.296 e. The number of nitro groups is 1. The van der Waals surface area contributed by atoms with Crippen molar-refractivity contribution < 1.29 is 33.6 Å². The molecule has 2 aromatic heterocycles. The fraction of sp³-hybridized carbons (Fsp3) is 0.350. The highest BCUT2D eigenvalue weighted by molar-refractivity contribution is 5.93. The molecule has 2 aromatic carbocycles. The number of nitrogens with one attached hydrogen (secondary N) is 4. The number of nitro benzene ring substituents is 1. The van der Waals surface area contributed by atoms with Gasteiger partial charge in [-0.15, -0.1) is 0 Å². The van der Waals surface area contributed by atoms with Gasteiger partial charge in [-0.05, 0) is 62.1 Å². The van der Waals surface area contributed by atoms with Gasteiger partial charge < -0.3 is 46.3 Å². The molecule has 306 valence electrons. The van der Waals surface area contributed by atoms with Gasteiger partial charge >= 0.3 is 0 Å². The third kappa shape index (κ3) is 12.0. The van der Waals surface area contributed by atoms with Gasteiger partial charge in [0.2, 0.25) is 11.8 Å². The van der Waals surface area contributed by atoms with E-state index in [9.17, 15) is 29.3 Å². The van der Waals surface area contributed by atoms with E-state index in [1.54, 1.807) is 61.5 Å². The topological polar surface area (TPSA) is 236 Å². The zero-order chi connectivity index (χ0) is 41.4. The molecule has 4 amide bonds. The van der Waals surface area contributed by atoms with Gasteiger partial charge in [0.15, 0.2) is 0 Å². The monoisotopic (exact) mass is 796 g/mol. The van der Waals surface area contributed by atoms with E-state index in [1.807, 2.05) is 11.0 Å². The van der Waals surface area contributed by atoms with E-state index in [-0.39, 0.29) is 46.5 Å². The number of ether oxygens (including phenoxy) is 2. The summed E-state index contributed by atoms with van der Waals surface area (Å²) in [6.07, 6.45) is 7.38. The first-order chi connectivity index (χ1) is 28.0. The van der Waals surface area contributed by atoms with Crippen LogP contribution in [0.3, 0.4) is 0 Å². The summed E-state index contributed by atoms with van der Waals surface area (Å²) >= 11 is 0. The highest BCUT2D eigenvalue weighted by atomic mass is 16.6. The molecule has 6 N–H and O–H groups in total. The van der Waals surface area contributed by atoms with Crippen molar-refractivity contribution in [3.63, 3.8) is 0 Å². The van der Waals surface area contributed by atoms with Gasteiger partial charge in [0.1, 0.15) is 40.1 Å². The van der Waals surface area contributed by atoms with Gasteiger partial charge in [0, 0.05) is 96.8 Å². The quantitative estimate of drug-likeness (QED) is 0.0418. The predicted molar refractivity (Wildman–Crippen MR) is 217 cm³/mol. The Kier molecular flexibility index (Phi) is 15.1. The van der Waals surface area contributed by atoms with Crippen LogP contribution in [0.2, 0.25) is 0 Å². The number of hydrogen-bond acceptors (Lipinski definition) is 13. The highest BCUT2D eigenvalue weighted by Crippen LogP contribution is 2.31. The molecule has 0 radical (unpaired) electrons. The number of benzene rings is 2. The molecule has 18 nitrogen and oxygen atoms in total. The molecule has 0 spiro atoms. The molecule has 0 bridgehead atoms. The minimum atomic E-state index is -0.500. The van der Waals surface area contributed by atoms with Crippen molar-refractivity contribution in [1.29, 1.82) is 0 Å². The van der Waals surface area contributed by atoms with Crippen LogP contribution in [0.25, 0.3) is 0 Å². The highest BCUT2D eigenvalue weighted by Gasteiger charge is 2.21. The van der Waals surface area contributed by atoms with Crippen molar-refractivity contribution in [2.75, 3.05) is 69.7 Å². The summed E-state index contributed by atoms with van der Waals surface area (Å²) in [4.78, 5) is 70.3. The lowest BCUT2D eigenvalue weighted by Gasteiger charge is -2.15. The lowest BCUT2D eigenvalue weighted by molar-refractivity contribution is -0.384. The lowest BCUT2D eigenvalue weighted by atomic mass is 10.2. The lowest BCUT2D eigenvalue weighted by Crippen LogP contribution is -2.30. The minimum Gasteiger partial charge on any atom is -0.457 e. The van der Waals surface area contributed by atoms with Crippen molar-refractivity contribution in [3.8, 4) is 23.0 Å². The molecule has 2 aliphatic rings. The molecule has 2 aliphatic heterocycles. The van der Waals surface area contributed by atoms with Gasteiger partial charge in [0.05, 0.1) is 22.4 Å². The molecule has 6 rings (SSSR count). The number of carbonyl (C=O) groups excluding carboxylic acids is 4. The van der Waals surface area contributed by atoms with Gasteiger partial charge in [-0.1, -0.05) is 0 Å². The average molecular weight is 797 g/mol. The van der Waals surface area contributed by atoms with E-state index >= 15 is 0 Å². The average Bonchev–Trinajstić information content (AvgIpc) is 3.84. The first-order valence-electron chi connectivity index (χ1n) is 19.0. The summed E-state index contributed by atoms with van der Waals surface area (Å²) in [7, 11) is 3.39. The molecule has 0 aliphatic carbocycles. The third-order valence-electron chi connectivity index (χ3n) is 9.25. The molecule has 0 atom stereocenters. The van der Waals surface area contributed by atoms with Crippen LogP contribution in [0.15, 0.2) is 73.1 Å². The maximum atomic E-state index is 12.3. The van der Waals surface area contributed by atoms with Crippen LogP contribution < -0.4 is 36.5 Å². The van der Waals surface area contributed by atoms with Crippen LogP contribution in [0.5, 0.6) is 23.0 Å². The molecular weight excluding hydrogens is 749 g/mol. The molecule has 58 heavy (non-hydrogen) atoms. The molecule has 0 saturated carbocycles. The Morgan fingerprint density at radius 3 is 1.62 bits per heavy atom. The number of amides is 4. The zero-order valence-electron chi connectivity index (χ0n) is 32.5. The van der Waals surface area contributed by atoms with Crippen molar-refractivity contribution in [3.05, 3.63) is 94.6 Å². The Balaban J connectivity index is 0.000000221. The maximum absolute atomic E-state index is 12.3. The number of nitrogens with two attached hydrogens (primary N) is 1. The largest absolute Gasteiger partial charge is 0.457 e. The first-order valence-corrected chi connectivity index (χ1v) is 19.0. The summed E-state index contributed by atoms with van der Waals surface area (Å²) in [5, 5.41) is 22.5. The first kappa shape index (κ1) is 42.2. The Labute approximate surface area is 335 Å². The van der Waals surface area contributed by atoms with Crippen molar-refractivity contribution in [1.82, 2.24) is 30.4 Å². The number of carbonyl (C=O) groups is 4. The van der Waals surface area contributed by atoms with Gasteiger partial charge in [0.25, 0.3) is 17.5 Å². The Morgan fingerprint density at radius 2 is 1.19 bits per heavy atom. The number of aromatic nitrogens is 2. The number of likely N-dealkylation sites (tertiary alicyclic amines) is 2. The predicted octanol–water partition coefficient (Wildman–Crippen LogP) is 4.81. The molecular formula is C40H48N10O8. The van der Waals surface area contributed by atoms with Crippen LogP contribution in [0, 0.1) is 10.1 Å². The summed E-state index contributed by atoms with van der Waals surface area (Å²) in [5.41, 5.74) is 8.04. The summed E-state index contributed by atoms with van der Waals surface area (Å²) in [6, 6.07) is 16.1. The Bertz CT molecular complexity index is 2100. The molecule has 4 aromatic rings. The smallest absolute Gasteiger partial charge is 0.296 e. The summed E-state index contributed by atoms with van der Waals surface area (Å²) in [6.45, 7) is 3.79. The summed E-state index contributed by atoms with van der Waals surface area (Å²) in [5.74, 6) is 1.41. The minimum absolute atomic E-state index is 0.112. The zero-order valence-corrected chi connectivity index (χ0v) is 32.5. The third-order valence-corrected chi connectivity index (χ3v) is 9.25. The van der Waals surface area contributed by atoms with E-state index in [1.165, 1.54) is 24.5 Å². The van der Waals surface area contributed by atoms with Gasteiger partial charge in [-0.3, -0.25) is 39.3 Å². The van der Waals surface area contributed by atoms with Crippen LogP contribution >= 0.6 is 0 Å². The Morgan fingerprint density at radius 1 is 0.724 bits per heavy atom. The van der Waals surface area contributed by atoms with Gasteiger partial charge in [-0.2, -0.15) is 0 Å². The van der Waals surface area contributed by atoms with E-state index in [0.717, 1.165) is 31.6 Å². The van der Waals surface area contributed by atoms with Crippen molar-refractivity contribution in [2.45, 2.75) is 38.5 Å².